The molecule has 0 radical (unpaired) electrons. The van der Waals surface area contributed by atoms with Crippen LogP contribution in [0.4, 0.5) is 0 Å². The second-order valence-electron chi connectivity index (χ2n) is 4.08. The Bertz CT molecular complexity index is 309. The lowest BCUT2D eigenvalue weighted by molar-refractivity contribution is 0.470. The van der Waals surface area contributed by atoms with Crippen molar-refractivity contribution in [3.63, 3.8) is 0 Å². The Hall–Kier alpha value is -1.02. The zero-order valence-electron chi connectivity index (χ0n) is 9.66. The molecule has 0 fully saturated rings. The fourth-order valence-electron chi connectivity index (χ4n) is 1.90. The molecule has 0 aliphatic carbocycles. The summed E-state index contributed by atoms with van der Waals surface area (Å²) in [6.07, 6.45) is 3.33. The molecule has 0 amide bonds. The van der Waals surface area contributed by atoms with Crippen LogP contribution in [0.25, 0.3) is 0 Å². The maximum atomic E-state index is 9.45. The van der Waals surface area contributed by atoms with Crippen molar-refractivity contribution in [2.24, 2.45) is 5.73 Å². The van der Waals surface area contributed by atoms with Gasteiger partial charge in [-0.05, 0) is 55.8 Å². The largest absolute Gasteiger partial charge is 0.508 e. The summed E-state index contributed by atoms with van der Waals surface area (Å²) in [6, 6.07) is 5.89. The average molecular weight is 207 g/mol. The van der Waals surface area contributed by atoms with E-state index in [-0.39, 0.29) is 0 Å². The molecule has 0 aliphatic heterocycles. The van der Waals surface area contributed by atoms with E-state index in [1.807, 2.05) is 13.0 Å². The van der Waals surface area contributed by atoms with Crippen molar-refractivity contribution in [2.45, 2.75) is 39.0 Å². The molecule has 1 rings (SSSR count). The highest BCUT2D eigenvalue weighted by atomic mass is 16.3. The number of phenolic OH excluding ortho intramolecular Hbond substituents is 1. The van der Waals surface area contributed by atoms with Crippen molar-refractivity contribution in [1.29, 1.82) is 0 Å². The summed E-state index contributed by atoms with van der Waals surface area (Å²) in [4.78, 5) is 0. The second kappa shape index (κ2) is 5.76. The van der Waals surface area contributed by atoms with Crippen LogP contribution in [-0.4, -0.2) is 11.7 Å². The van der Waals surface area contributed by atoms with E-state index in [4.69, 9.17) is 5.73 Å². The summed E-state index contributed by atoms with van der Waals surface area (Å²) in [7, 11) is 0. The molecule has 2 nitrogen and oxygen atoms in total. The van der Waals surface area contributed by atoms with Gasteiger partial charge < -0.3 is 10.8 Å². The summed E-state index contributed by atoms with van der Waals surface area (Å²) < 4.78 is 0. The lowest BCUT2D eigenvalue weighted by Crippen LogP contribution is -2.04. The van der Waals surface area contributed by atoms with Crippen LogP contribution in [0.5, 0.6) is 5.75 Å². The summed E-state index contributed by atoms with van der Waals surface area (Å²) >= 11 is 0. The molecule has 0 aromatic heterocycles. The molecule has 84 valence electrons. The molecule has 1 aromatic carbocycles. The summed E-state index contributed by atoms with van der Waals surface area (Å²) in [5, 5.41) is 9.45. The fraction of sp³-hybridized carbons (Fsp3) is 0.538. The summed E-state index contributed by atoms with van der Waals surface area (Å²) in [5.41, 5.74) is 7.80. The Labute approximate surface area is 92.1 Å². The van der Waals surface area contributed by atoms with Gasteiger partial charge in [0.1, 0.15) is 5.75 Å². The Balaban J connectivity index is 2.78. The van der Waals surface area contributed by atoms with Crippen molar-refractivity contribution in [3.8, 4) is 5.75 Å². The van der Waals surface area contributed by atoms with Crippen molar-refractivity contribution < 1.29 is 5.11 Å². The predicted octanol–water partition coefficient (Wildman–Crippen LogP) is 2.93. The van der Waals surface area contributed by atoms with Gasteiger partial charge in [0.2, 0.25) is 0 Å². The Kier molecular flexibility index (Phi) is 4.63. The molecule has 0 bridgehead atoms. The lowest BCUT2D eigenvalue weighted by atomic mass is 9.91. The van der Waals surface area contributed by atoms with Crippen LogP contribution in [0.15, 0.2) is 18.2 Å². The van der Waals surface area contributed by atoms with E-state index in [9.17, 15) is 5.11 Å². The lowest BCUT2D eigenvalue weighted by Gasteiger charge is -2.15. The quantitative estimate of drug-likeness (QED) is 0.779. The number of phenols is 1. The molecule has 0 heterocycles. The topological polar surface area (TPSA) is 46.2 Å². The number of benzene rings is 1. The third kappa shape index (κ3) is 3.24. The minimum atomic E-state index is 0.382. The predicted molar refractivity (Wildman–Crippen MR) is 64.2 cm³/mol. The smallest absolute Gasteiger partial charge is 0.118 e. The van der Waals surface area contributed by atoms with Gasteiger partial charge in [0.15, 0.2) is 0 Å². The van der Waals surface area contributed by atoms with Gasteiger partial charge in [-0.15, -0.1) is 0 Å². The monoisotopic (exact) mass is 207 g/mol. The third-order valence-electron chi connectivity index (χ3n) is 2.94. The van der Waals surface area contributed by atoms with Gasteiger partial charge in [-0.3, -0.25) is 0 Å². The van der Waals surface area contributed by atoms with Gasteiger partial charge >= 0.3 is 0 Å². The van der Waals surface area contributed by atoms with E-state index in [2.05, 4.69) is 13.0 Å². The van der Waals surface area contributed by atoms with Crippen LogP contribution < -0.4 is 5.73 Å². The molecule has 1 atom stereocenters. The van der Waals surface area contributed by atoms with E-state index in [0.717, 1.165) is 31.4 Å². The molecule has 0 saturated carbocycles. The van der Waals surface area contributed by atoms with Crippen LogP contribution in [0.3, 0.4) is 0 Å². The normalized spacial score (nSPS) is 12.7. The summed E-state index contributed by atoms with van der Waals surface area (Å²) in [5.74, 6) is 0.959. The number of rotatable bonds is 5. The first-order chi connectivity index (χ1) is 7.19. The van der Waals surface area contributed by atoms with Crippen molar-refractivity contribution in [2.75, 3.05) is 6.54 Å². The van der Waals surface area contributed by atoms with Gasteiger partial charge in [0.05, 0.1) is 0 Å². The molecule has 1 unspecified atom stereocenters. The van der Waals surface area contributed by atoms with E-state index >= 15 is 0 Å². The van der Waals surface area contributed by atoms with Crippen LogP contribution in [0.2, 0.25) is 0 Å². The minimum Gasteiger partial charge on any atom is -0.508 e. The zero-order valence-corrected chi connectivity index (χ0v) is 9.66. The van der Waals surface area contributed by atoms with E-state index in [1.54, 1.807) is 6.07 Å². The van der Waals surface area contributed by atoms with Gasteiger partial charge in [0.25, 0.3) is 0 Å². The number of hydrogen-bond acceptors (Lipinski definition) is 2. The highest BCUT2D eigenvalue weighted by Gasteiger charge is 2.09. The van der Waals surface area contributed by atoms with Crippen LogP contribution >= 0.6 is 0 Å². The first-order valence-corrected chi connectivity index (χ1v) is 5.68. The molecule has 0 spiro atoms. The number of aromatic hydroxyl groups is 1. The number of nitrogens with two attached hydrogens (primary N) is 1. The van der Waals surface area contributed by atoms with Crippen molar-refractivity contribution in [1.82, 2.24) is 0 Å². The molecule has 15 heavy (non-hydrogen) atoms. The van der Waals surface area contributed by atoms with Crippen LogP contribution in [-0.2, 0) is 0 Å². The first-order valence-electron chi connectivity index (χ1n) is 5.68. The van der Waals surface area contributed by atoms with E-state index in [0.29, 0.717) is 11.7 Å². The van der Waals surface area contributed by atoms with Crippen molar-refractivity contribution in [3.05, 3.63) is 29.3 Å². The molecular weight excluding hydrogens is 186 g/mol. The maximum Gasteiger partial charge on any atom is 0.118 e. The molecule has 0 saturated heterocycles. The maximum absolute atomic E-state index is 9.45. The number of aryl methyl sites for hydroxylation is 1. The standard InChI is InChI=1S/C13H21NO/c1-3-11(5-4-8-14)12-6-7-13(15)10(2)9-12/h6-7,9,11,15H,3-5,8,14H2,1-2H3. The van der Waals surface area contributed by atoms with Crippen LogP contribution in [0.1, 0.15) is 43.2 Å². The molecule has 0 aliphatic rings. The zero-order chi connectivity index (χ0) is 11.3. The number of hydrogen-bond donors (Lipinski definition) is 2. The summed E-state index contributed by atoms with van der Waals surface area (Å²) in [6.45, 7) is 4.89. The third-order valence-corrected chi connectivity index (χ3v) is 2.94. The highest BCUT2D eigenvalue weighted by Crippen LogP contribution is 2.28. The molecule has 2 heteroatoms. The highest BCUT2D eigenvalue weighted by molar-refractivity contribution is 5.36. The van der Waals surface area contributed by atoms with Crippen molar-refractivity contribution >= 4 is 0 Å². The average Bonchev–Trinajstić information content (AvgIpc) is 2.24. The minimum absolute atomic E-state index is 0.382. The fourth-order valence-corrected chi connectivity index (χ4v) is 1.90. The molecule has 1 aromatic rings. The Morgan fingerprint density at radius 2 is 2.13 bits per heavy atom. The van der Waals surface area contributed by atoms with Gasteiger partial charge in [-0.25, -0.2) is 0 Å². The van der Waals surface area contributed by atoms with E-state index in [1.165, 1.54) is 5.56 Å². The Morgan fingerprint density at radius 1 is 1.40 bits per heavy atom. The molecular formula is C13H21NO. The van der Waals surface area contributed by atoms with Gasteiger partial charge in [0, 0.05) is 0 Å². The van der Waals surface area contributed by atoms with Crippen LogP contribution in [0, 0.1) is 6.92 Å². The molecule has 3 N–H and O–H groups in total. The SMILES string of the molecule is CCC(CCCN)c1ccc(O)c(C)c1. The second-order valence-corrected chi connectivity index (χ2v) is 4.08. The van der Waals surface area contributed by atoms with Gasteiger partial charge in [-0.2, -0.15) is 0 Å². The Morgan fingerprint density at radius 3 is 2.67 bits per heavy atom. The van der Waals surface area contributed by atoms with Gasteiger partial charge in [-0.1, -0.05) is 19.1 Å². The van der Waals surface area contributed by atoms with E-state index < -0.39 is 0 Å². The first kappa shape index (κ1) is 12.1.